The van der Waals surface area contributed by atoms with Crippen LogP contribution in [0.5, 0.6) is 5.75 Å². The van der Waals surface area contributed by atoms with E-state index in [2.05, 4.69) is 15.9 Å². The van der Waals surface area contributed by atoms with Crippen LogP contribution in [0.1, 0.15) is 0 Å². The summed E-state index contributed by atoms with van der Waals surface area (Å²) >= 11 is 3.00. The van der Waals surface area contributed by atoms with Crippen molar-refractivity contribution >= 4 is 34.3 Å². The summed E-state index contributed by atoms with van der Waals surface area (Å²) in [6, 6.07) is 8.97. The molecular formula is C8H8BrClO2. The van der Waals surface area contributed by atoms with Crippen LogP contribution in [-0.4, -0.2) is 11.3 Å². The van der Waals surface area contributed by atoms with Gasteiger partial charge in [0.2, 0.25) is 0 Å². The lowest BCUT2D eigenvalue weighted by molar-refractivity contribution is -0.131. The van der Waals surface area contributed by atoms with E-state index >= 15 is 0 Å². The molecule has 0 aliphatic heterocycles. The minimum Gasteiger partial charge on any atom is -0.426 e. The third-order valence-corrected chi connectivity index (χ3v) is 1.54. The quantitative estimate of drug-likeness (QED) is 0.458. The molecule has 0 radical (unpaired) electrons. The molecule has 0 aromatic heterocycles. The first-order valence-corrected chi connectivity index (χ1v) is 4.27. The van der Waals surface area contributed by atoms with Crippen molar-refractivity contribution in [1.82, 2.24) is 0 Å². The Labute approximate surface area is 85.5 Å². The van der Waals surface area contributed by atoms with E-state index in [1.54, 1.807) is 12.1 Å². The standard InChI is InChI=1S/C8H7BrO2.ClH/c9-6-8(10)11-7-4-2-1-3-5-7;/h1-5H,6H2;1H. The second-order valence-corrected chi connectivity index (χ2v) is 2.48. The Hall–Kier alpha value is -0.540. The van der Waals surface area contributed by atoms with Crippen LogP contribution in [0.25, 0.3) is 0 Å². The van der Waals surface area contributed by atoms with Crippen LogP contribution in [0.15, 0.2) is 30.3 Å². The van der Waals surface area contributed by atoms with Gasteiger partial charge in [-0.15, -0.1) is 12.4 Å². The Morgan fingerprint density at radius 2 is 1.92 bits per heavy atom. The molecule has 12 heavy (non-hydrogen) atoms. The highest BCUT2D eigenvalue weighted by Crippen LogP contribution is 2.08. The summed E-state index contributed by atoms with van der Waals surface area (Å²) in [5, 5.41) is 0.224. The first-order valence-electron chi connectivity index (χ1n) is 3.14. The Kier molecular flexibility index (Phi) is 5.76. The van der Waals surface area contributed by atoms with Gasteiger partial charge in [-0.3, -0.25) is 4.79 Å². The van der Waals surface area contributed by atoms with Crippen LogP contribution in [0, 0.1) is 0 Å². The minimum absolute atomic E-state index is 0. The van der Waals surface area contributed by atoms with Gasteiger partial charge in [0.15, 0.2) is 0 Å². The molecule has 0 unspecified atom stereocenters. The third kappa shape index (κ3) is 3.74. The fourth-order valence-corrected chi connectivity index (χ4v) is 0.762. The number of benzene rings is 1. The average Bonchev–Trinajstić information content (AvgIpc) is 2.06. The number of hydrogen-bond donors (Lipinski definition) is 0. The normalized spacial score (nSPS) is 8.42. The van der Waals surface area contributed by atoms with Gasteiger partial charge in [-0.2, -0.15) is 0 Å². The zero-order chi connectivity index (χ0) is 8.10. The number of ether oxygens (including phenoxy) is 1. The van der Waals surface area contributed by atoms with Crippen LogP contribution in [0.3, 0.4) is 0 Å². The van der Waals surface area contributed by atoms with E-state index in [1.165, 1.54) is 0 Å². The molecule has 0 saturated heterocycles. The molecule has 1 rings (SSSR count). The molecule has 0 spiro atoms. The molecular weight excluding hydrogens is 243 g/mol. The van der Waals surface area contributed by atoms with Crippen molar-refractivity contribution in [3.8, 4) is 5.75 Å². The highest BCUT2D eigenvalue weighted by Gasteiger charge is 1.99. The van der Waals surface area contributed by atoms with Gasteiger partial charge in [0.1, 0.15) is 11.1 Å². The van der Waals surface area contributed by atoms with Crippen molar-refractivity contribution < 1.29 is 9.53 Å². The Balaban J connectivity index is 0.00000121. The molecule has 0 fully saturated rings. The van der Waals surface area contributed by atoms with Gasteiger partial charge in [0.05, 0.1) is 0 Å². The molecule has 1 aromatic carbocycles. The number of rotatable bonds is 2. The summed E-state index contributed by atoms with van der Waals surface area (Å²) in [5.41, 5.74) is 0. The zero-order valence-electron chi connectivity index (χ0n) is 6.20. The number of para-hydroxylation sites is 1. The van der Waals surface area contributed by atoms with E-state index < -0.39 is 0 Å². The average molecular weight is 252 g/mol. The second kappa shape index (κ2) is 6.03. The fourth-order valence-electron chi connectivity index (χ4n) is 0.647. The third-order valence-electron chi connectivity index (χ3n) is 1.08. The molecule has 66 valence electrons. The molecule has 0 saturated carbocycles. The molecule has 2 nitrogen and oxygen atoms in total. The summed E-state index contributed by atoms with van der Waals surface area (Å²) in [7, 11) is 0. The van der Waals surface area contributed by atoms with Crippen molar-refractivity contribution in [2.75, 3.05) is 5.33 Å². The maximum atomic E-state index is 10.7. The van der Waals surface area contributed by atoms with E-state index in [-0.39, 0.29) is 23.7 Å². The molecule has 4 heteroatoms. The molecule has 0 amide bonds. The summed E-state index contributed by atoms with van der Waals surface area (Å²) in [6.45, 7) is 0. The Morgan fingerprint density at radius 1 is 1.33 bits per heavy atom. The van der Waals surface area contributed by atoms with Gasteiger partial charge in [0, 0.05) is 0 Å². The van der Waals surface area contributed by atoms with E-state index in [1.807, 2.05) is 18.2 Å². The molecule has 0 N–H and O–H groups in total. The largest absolute Gasteiger partial charge is 0.426 e. The van der Waals surface area contributed by atoms with Crippen molar-refractivity contribution in [1.29, 1.82) is 0 Å². The maximum Gasteiger partial charge on any atom is 0.321 e. The minimum atomic E-state index is -0.281. The van der Waals surface area contributed by atoms with E-state index in [0.29, 0.717) is 5.75 Å². The lowest BCUT2D eigenvalue weighted by Gasteiger charge is -1.99. The summed E-state index contributed by atoms with van der Waals surface area (Å²) < 4.78 is 4.88. The van der Waals surface area contributed by atoms with Crippen molar-refractivity contribution in [3.63, 3.8) is 0 Å². The smallest absolute Gasteiger partial charge is 0.321 e. The Bertz CT molecular complexity index is 238. The van der Waals surface area contributed by atoms with Gasteiger partial charge in [-0.05, 0) is 12.1 Å². The lowest BCUT2D eigenvalue weighted by atomic mass is 10.3. The van der Waals surface area contributed by atoms with Gasteiger partial charge in [0.25, 0.3) is 0 Å². The zero-order valence-corrected chi connectivity index (χ0v) is 8.60. The van der Waals surface area contributed by atoms with Crippen molar-refractivity contribution in [2.24, 2.45) is 0 Å². The topological polar surface area (TPSA) is 26.3 Å². The number of halogens is 2. The molecule has 0 aliphatic carbocycles. The predicted octanol–water partition coefficient (Wildman–Crippen LogP) is 2.41. The SMILES string of the molecule is Cl.O=C(CBr)Oc1ccccc1. The monoisotopic (exact) mass is 250 g/mol. The fraction of sp³-hybridized carbons (Fsp3) is 0.125. The van der Waals surface area contributed by atoms with Crippen LogP contribution in [0.4, 0.5) is 0 Å². The van der Waals surface area contributed by atoms with E-state index in [0.717, 1.165) is 0 Å². The maximum absolute atomic E-state index is 10.7. The number of hydrogen-bond acceptors (Lipinski definition) is 2. The van der Waals surface area contributed by atoms with Gasteiger partial charge < -0.3 is 4.74 Å². The number of carbonyl (C=O) groups is 1. The second-order valence-electron chi connectivity index (χ2n) is 1.92. The Morgan fingerprint density at radius 3 is 2.42 bits per heavy atom. The predicted molar refractivity (Wildman–Crippen MR) is 53.1 cm³/mol. The highest BCUT2D eigenvalue weighted by atomic mass is 79.9. The number of alkyl halides is 1. The first kappa shape index (κ1) is 11.5. The van der Waals surface area contributed by atoms with Crippen molar-refractivity contribution in [3.05, 3.63) is 30.3 Å². The lowest BCUT2D eigenvalue weighted by Crippen LogP contribution is -2.08. The molecule has 1 aromatic rings. The van der Waals surface area contributed by atoms with Gasteiger partial charge in [-0.1, -0.05) is 34.1 Å². The molecule has 0 aliphatic rings. The summed E-state index contributed by atoms with van der Waals surface area (Å²) in [5.74, 6) is 0.299. The van der Waals surface area contributed by atoms with E-state index in [4.69, 9.17) is 4.74 Å². The highest BCUT2D eigenvalue weighted by molar-refractivity contribution is 9.09. The number of carbonyl (C=O) groups excluding carboxylic acids is 1. The summed E-state index contributed by atoms with van der Waals surface area (Å²) in [4.78, 5) is 10.7. The van der Waals surface area contributed by atoms with Gasteiger partial charge >= 0.3 is 5.97 Å². The van der Waals surface area contributed by atoms with Gasteiger partial charge in [-0.25, -0.2) is 0 Å². The molecule has 0 heterocycles. The van der Waals surface area contributed by atoms with Crippen LogP contribution >= 0.6 is 28.3 Å². The van der Waals surface area contributed by atoms with Crippen LogP contribution < -0.4 is 4.74 Å². The van der Waals surface area contributed by atoms with Crippen molar-refractivity contribution in [2.45, 2.75) is 0 Å². The summed E-state index contributed by atoms with van der Waals surface area (Å²) in [6.07, 6.45) is 0. The molecule has 0 bridgehead atoms. The first-order chi connectivity index (χ1) is 5.33. The van der Waals surface area contributed by atoms with Crippen LogP contribution in [0.2, 0.25) is 0 Å². The van der Waals surface area contributed by atoms with E-state index in [9.17, 15) is 4.79 Å². The molecule has 0 atom stereocenters. The number of esters is 1. The van der Waals surface area contributed by atoms with Crippen LogP contribution in [-0.2, 0) is 4.79 Å².